The second-order valence-electron chi connectivity index (χ2n) is 7.19. The molecule has 0 saturated carbocycles. The van der Waals surface area contributed by atoms with E-state index in [0.717, 1.165) is 16.5 Å². The SMILES string of the molecule is Cc1ccc(C)c(N2N=C(C(=O)OCC(=O)c3cc4ccccc4o3)CCC2=O)c1. The van der Waals surface area contributed by atoms with Gasteiger partial charge in [-0.3, -0.25) is 9.59 Å². The third-order valence-electron chi connectivity index (χ3n) is 4.90. The van der Waals surface area contributed by atoms with Crippen LogP contribution in [0.15, 0.2) is 58.0 Å². The Morgan fingerprint density at radius 2 is 1.90 bits per heavy atom. The average molecular weight is 404 g/mol. The molecule has 0 atom stereocenters. The fourth-order valence-corrected chi connectivity index (χ4v) is 3.24. The number of ether oxygens (including phenoxy) is 1. The second kappa shape index (κ2) is 7.94. The van der Waals surface area contributed by atoms with Gasteiger partial charge in [0.1, 0.15) is 11.3 Å². The first-order valence-corrected chi connectivity index (χ1v) is 9.59. The number of hydrogen-bond acceptors (Lipinski definition) is 6. The summed E-state index contributed by atoms with van der Waals surface area (Å²) in [6, 6.07) is 14.5. The molecule has 1 aliphatic heterocycles. The lowest BCUT2D eigenvalue weighted by Gasteiger charge is -2.24. The minimum atomic E-state index is -0.720. The highest BCUT2D eigenvalue weighted by atomic mass is 16.5. The zero-order valence-corrected chi connectivity index (χ0v) is 16.7. The highest BCUT2D eigenvalue weighted by Gasteiger charge is 2.28. The van der Waals surface area contributed by atoms with Crippen molar-refractivity contribution in [3.8, 4) is 0 Å². The molecule has 0 N–H and O–H groups in total. The van der Waals surface area contributed by atoms with Crippen LogP contribution < -0.4 is 5.01 Å². The van der Waals surface area contributed by atoms with Crippen LogP contribution >= 0.6 is 0 Å². The summed E-state index contributed by atoms with van der Waals surface area (Å²) in [7, 11) is 0. The number of carbonyl (C=O) groups excluding carboxylic acids is 3. The number of fused-ring (bicyclic) bond motifs is 1. The van der Waals surface area contributed by atoms with Crippen LogP contribution in [0.5, 0.6) is 0 Å². The molecule has 0 unspecified atom stereocenters. The van der Waals surface area contributed by atoms with Crippen molar-refractivity contribution in [1.29, 1.82) is 0 Å². The van der Waals surface area contributed by atoms with E-state index in [1.165, 1.54) is 5.01 Å². The summed E-state index contributed by atoms with van der Waals surface area (Å²) < 4.78 is 10.6. The maximum absolute atomic E-state index is 12.5. The largest absolute Gasteiger partial charge is 0.453 e. The molecule has 1 aromatic heterocycles. The monoisotopic (exact) mass is 404 g/mol. The van der Waals surface area contributed by atoms with E-state index in [-0.39, 0.29) is 30.2 Å². The van der Waals surface area contributed by atoms with Gasteiger partial charge in [-0.2, -0.15) is 10.1 Å². The minimum absolute atomic E-state index is 0.105. The summed E-state index contributed by atoms with van der Waals surface area (Å²) in [6.07, 6.45) is 0.302. The van der Waals surface area contributed by atoms with Crippen molar-refractivity contribution >= 4 is 40.0 Å². The van der Waals surface area contributed by atoms with Crippen molar-refractivity contribution in [2.24, 2.45) is 5.10 Å². The maximum atomic E-state index is 12.5. The first-order valence-electron chi connectivity index (χ1n) is 9.59. The summed E-state index contributed by atoms with van der Waals surface area (Å²) in [5.41, 5.74) is 3.17. The maximum Gasteiger partial charge on any atom is 0.354 e. The zero-order valence-electron chi connectivity index (χ0n) is 16.7. The Bertz CT molecular complexity index is 1160. The van der Waals surface area contributed by atoms with Gasteiger partial charge in [-0.15, -0.1) is 0 Å². The van der Waals surface area contributed by atoms with Crippen molar-refractivity contribution in [3.63, 3.8) is 0 Å². The number of esters is 1. The van der Waals surface area contributed by atoms with Crippen LogP contribution in [0.4, 0.5) is 5.69 Å². The number of amides is 1. The fraction of sp³-hybridized carbons (Fsp3) is 0.217. The van der Waals surface area contributed by atoms with E-state index in [0.29, 0.717) is 11.3 Å². The Balaban J connectivity index is 1.47. The van der Waals surface area contributed by atoms with Gasteiger partial charge in [-0.25, -0.2) is 4.79 Å². The van der Waals surface area contributed by atoms with E-state index in [9.17, 15) is 14.4 Å². The molecule has 0 saturated heterocycles. The first-order chi connectivity index (χ1) is 14.4. The molecule has 0 fully saturated rings. The summed E-state index contributed by atoms with van der Waals surface area (Å²) in [5.74, 6) is -1.24. The van der Waals surface area contributed by atoms with Gasteiger partial charge >= 0.3 is 5.97 Å². The van der Waals surface area contributed by atoms with Crippen LogP contribution in [0.3, 0.4) is 0 Å². The second-order valence-corrected chi connectivity index (χ2v) is 7.19. The number of nitrogens with zero attached hydrogens (tertiary/aromatic N) is 2. The van der Waals surface area contributed by atoms with Crippen molar-refractivity contribution < 1.29 is 23.5 Å². The number of hydrazone groups is 1. The average Bonchev–Trinajstić information content (AvgIpc) is 3.18. The predicted molar refractivity (Wildman–Crippen MR) is 112 cm³/mol. The molecule has 3 aromatic rings. The normalized spacial score (nSPS) is 14.0. The fourth-order valence-electron chi connectivity index (χ4n) is 3.24. The van der Waals surface area contributed by atoms with E-state index >= 15 is 0 Å². The number of hydrogen-bond donors (Lipinski definition) is 0. The van der Waals surface area contributed by atoms with Gasteiger partial charge in [0.05, 0.1) is 5.69 Å². The van der Waals surface area contributed by atoms with E-state index in [1.807, 2.05) is 50.2 Å². The third kappa shape index (κ3) is 3.87. The van der Waals surface area contributed by atoms with Gasteiger partial charge in [0.25, 0.3) is 0 Å². The lowest BCUT2D eigenvalue weighted by atomic mass is 10.1. The van der Waals surface area contributed by atoms with Crippen LogP contribution in [0.25, 0.3) is 11.0 Å². The molecular weight excluding hydrogens is 384 g/mol. The van der Waals surface area contributed by atoms with Crippen LogP contribution in [-0.2, 0) is 14.3 Å². The van der Waals surface area contributed by atoms with Gasteiger partial charge in [0.2, 0.25) is 11.7 Å². The van der Waals surface area contributed by atoms with Gasteiger partial charge in [0.15, 0.2) is 12.4 Å². The number of rotatable bonds is 5. The van der Waals surface area contributed by atoms with Crippen LogP contribution in [0.1, 0.15) is 34.5 Å². The van der Waals surface area contributed by atoms with E-state index in [2.05, 4.69) is 5.10 Å². The summed E-state index contributed by atoms with van der Waals surface area (Å²) in [4.78, 5) is 37.2. The number of furan rings is 1. The molecule has 152 valence electrons. The molecule has 1 aliphatic rings. The van der Waals surface area contributed by atoms with Gasteiger partial charge in [0, 0.05) is 18.2 Å². The van der Waals surface area contributed by atoms with Crippen molar-refractivity contribution in [2.45, 2.75) is 26.7 Å². The first kappa shape index (κ1) is 19.6. The van der Waals surface area contributed by atoms with Crippen LogP contribution in [0.2, 0.25) is 0 Å². The molecule has 30 heavy (non-hydrogen) atoms. The molecule has 0 aliphatic carbocycles. The van der Waals surface area contributed by atoms with E-state index in [4.69, 9.17) is 9.15 Å². The molecule has 2 heterocycles. The quantitative estimate of drug-likeness (QED) is 0.474. The standard InChI is InChI=1S/C23H20N2O5/c1-14-7-8-15(2)18(11-14)25-22(27)10-9-17(24-25)23(28)29-13-19(26)21-12-16-5-3-4-6-20(16)30-21/h3-8,11-12H,9-10,13H2,1-2H3. The molecule has 7 heteroatoms. The summed E-state index contributed by atoms with van der Waals surface area (Å²) >= 11 is 0. The molecule has 0 spiro atoms. The number of carbonyl (C=O) groups is 3. The Hall–Kier alpha value is -3.74. The van der Waals surface area contributed by atoms with Crippen LogP contribution in [-0.4, -0.2) is 30.0 Å². The smallest absolute Gasteiger partial charge is 0.354 e. The predicted octanol–water partition coefficient (Wildman–Crippen LogP) is 3.96. The molecule has 0 bridgehead atoms. The molecule has 4 rings (SSSR count). The molecular formula is C23H20N2O5. The van der Waals surface area contributed by atoms with Gasteiger partial charge in [-0.05, 0) is 43.2 Å². The molecule has 2 aromatic carbocycles. The Labute approximate surface area is 172 Å². The van der Waals surface area contributed by atoms with Crippen LogP contribution in [0, 0.1) is 13.8 Å². The molecule has 7 nitrogen and oxygen atoms in total. The van der Waals surface area contributed by atoms with E-state index < -0.39 is 18.4 Å². The lowest BCUT2D eigenvalue weighted by molar-refractivity contribution is -0.134. The Morgan fingerprint density at radius 3 is 2.70 bits per heavy atom. The van der Waals surface area contributed by atoms with Crippen molar-refractivity contribution in [3.05, 3.63) is 65.4 Å². The Morgan fingerprint density at radius 1 is 1.10 bits per heavy atom. The summed E-state index contributed by atoms with van der Waals surface area (Å²) in [6.45, 7) is 3.32. The number of anilines is 1. The zero-order chi connectivity index (χ0) is 21.3. The Kier molecular flexibility index (Phi) is 5.18. The lowest BCUT2D eigenvalue weighted by Crippen LogP contribution is -2.35. The topological polar surface area (TPSA) is 89.2 Å². The molecule has 1 amide bonds. The highest BCUT2D eigenvalue weighted by Crippen LogP contribution is 2.25. The third-order valence-corrected chi connectivity index (χ3v) is 4.90. The summed E-state index contributed by atoms with van der Waals surface area (Å²) in [5, 5.41) is 6.25. The number of aryl methyl sites for hydroxylation is 2. The van der Waals surface area contributed by atoms with Gasteiger partial charge < -0.3 is 9.15 Å². The van der Waals surface area contributed by atoms with E-state index in [1.54, 1.807) is 12.1 Å². The molecule has 0 radical (unpaired) electrons. The number of ketones is 1. The minimum Gasteiger partial charge on any atom is -0.453 e. The number of Topliss-reactive ketones (excluding diaryl/α,β-unsaturated/α-hetero) is 1. The van der Waals surface area contributed by atoms with Crippen molar-refractivity contribution in [1.82, 2.24) is 0 Å². The van der Waals surface area contributed by atoms with Crippen molar-refractivity contribution in [2.75, 3.05) is 11.6 Å². The number of para-hydroxylation sites is 1. The number of benzene rings is 2. The highest BCUT2D eigenvalue weighted by molar-refractivity contribution is 6.38. The van der Waals surface area contributed by atoms with Gasteiger partial charge in [-0.1, -0.05) is 30.3 Å².